The third-order valence-electron chi connectivity index (χ3n) is 3.87. The Morgan fingerprint density at radius 1 is 1.22 bits per heavy atom. The Morgan fingerprint density at radius 2 is 1.89 bits per heavy atom. The van der Waals surface area contributed by atoms with Crippen LogP contribution < -0.4 is 11.1 Å². The van der Waals surface area contributed by atoms with E-state index in [0.717, 1.165) is 11.6 Å². The summed E-state index contributed by atoms with van der Waals surface area (Å²) < 4.78 is 0. The van der Waals surface area contributed by atoms with Gasteiger partial charge >= 0.3 is 0 Å². The van der Waals surface area contributed by atoms with Gasteiger partial charge < -0.3 is 11.1 Å². The Labute approximate surface area is 119 Å². The fraction of sp³-hybridized carbons (Fsp3) is 0.571. The van der Waals surface area contributed by atoms with Crippen LogP contribution in [0.3, 0.4) is 0 Å². The van der Waals surface area contributed by atoms with Gasteiger partial charge in [-0.15, -0.1) is 0 Å². The van der Waals surface area contributed by atoms with Gasteiger partial charge in [0.1, 0.15) is 0 Å². The van der Waals surface area contributed by atoms with E-state index >= 15 is 0 Å². The van der Waals surface area contributed by atoms with Crippen molar-refractivity contribution in [3.8, 4) is 0 Å². The van der Waals surface area contributed by atoms with Gasteiger partial charge in [0, 0.05) is 6.04 Å². The summed E-state index contributed by atoms with van der Waals surface area (Å²) in [5.74, 6) is 0.729. The van der Waals surface area contributed by atoms with Crippen molar-refractivity contribution >= 4 is 34.6 Å². The Hall–Kier alpha value is -0.600. The van der Waals surface area contributed by atoms with Crippen molar-refractivity contribution in [1.82, 2.24) is 0 Å². The standard InChI is InChI=1S/C14H20Cl2N2/c1-2-9-5-3-4-6-13(9)18-14-8-11(16)10(15)7-12(14)17/h7-9,13,18H,2-6,17H2,1H3. The first-order valence-corrected chi connectivity index (χ1v) is 7.38. The molecule has 0 aliphatic heterocycles. The second-order valence-corrected chi connectivity index (χ2v) is 5.87. The maximum atomic E-state index is 6.05. The van der Waals surface area contributed by atoms with E-state index < -0.39 is 0 Å². The summed E-state index contributed by atoms with van der Waals surface area (Å²) in [6.07, 6.45) is 6.34. The first-order valence-electron chi connectivity index (χ1n) is 6.63. The van der Waals surface area contributed by atoms with Gasteiger partial charge in [0.2, 0.25) is 0 Å². The Bertz CT molecular complexity index is 421. The lowest BCUT2D eigenvalue weighted by atomic mass is 9.83. The van der Waals surface area contributed by atoms with Crippen LogP contribution in [-0.4, -0.2) is 6.04 Å². The highest BCUT2D eigenvalue weighted by Gasteiger charge is 2.24. The molecule has 2 unspecified atom stereocenters. The van der Waals surface area contributed by atoms with Gasteiger partial charge in [-0.1, -0.05) is 49.4 Å². The molecule has 0 spiro atoms. The normalized spacial score (nSPS) is 23.9. The summed E-state index contributed by atoms with van der Waals surface area (Å²) in [6.45, 7) is 2.25. The average Bonchev–Trinajstić information content (AvgIpc) is 2.36. The molecule has 0 radical (unpaired) electrons. The van der Waals surface area contributed by atoms with Gasteiger partial charge in [-0.3, -0.25) is 0 Å². The molecule has 2 atom stereocenters. The Morgan fingerprint density at radius 3 is 2.61 bits per heavy atom. The number of anilines is 2. The monoisotopic (exact) mass is 286 g/mol. The Balaban J connectivity index is 2.15. The van der Waals surface area contributed by atoms with E-state index in [-0.39, 0.29) is 0 Å². The molecule has 3 N–H and O–H groups in total. The van der Waals surface area contributed by atoms with Crippen LogP contribution in [0.25, 0.3) is 0 Å². The van der Waals surface area contributed by atoms with Crippen molar-refractivity contribution in [3.63, 3.8) is 0 Å². The second kappa shape index (κ2) is 6.03. The van der Waals surface area contributed by atoms with E-state index in [2.05, 4.69) is 12.2 Å². The summed E-state index contributed by atoms with van der Waals surface area (Å²) in [5, 5.41) is 4.61. The van der Waals surface area contributed by atoms with Gasteiger partial charge in [0.15, 0.2) is 0 Å². The van der Waals surface area contributed by atoms with Crippen molar-refractivity contribution in [1.29, 1.82) is 0 Å². The number of hydrogen-bond donors (Lipinski definition) is 2. The minimum Gasteiger partial charge on any atom is -0.397 e. The summed E-state index contributed by atoms with van der Waals surface area (Å²) >= 11 is 12.0. The molecule has 0 bridgehead atoms. The van der Waals surface area contributed by atoms with Crippen LogP contribution in [0.1, 0.15) is 39.0 Å². The van der Waals surface area contributed by atoms with E-state index in [0.29, 0.717) is 21.8 Å². The first-order chi connectivity index (χ1) is 8.61. The zero-order valence-corrected chi connectivity index (χ0v) is 12.2. The molecule has 0 saturated heterocycles. The highest BCUT2D eigenvalue weighted by molar-refractivity contribution is 6.42. The van der Waals surface area contributed by atoms with Crippen LogP contribution in [0, 0.1) is 5.92 Å². The fourth-order valence-electron chi connectivity index (χ4n) is 2.77. The zero-order valence-electron chi connectivity index (χ0n) is 10.7. The molecule has 1 fully saturated rings. The number of halogens is 2. The highest BCUT2D eigenvalue weighted by atomic mass is 35.5. The van der Waals surface area contributed by atoms with Crippen LogP contribution >= 0.6 is 23.2 Å². The van der Waals surface area contributed by atoms with Crippen molar-refractivity contribution in [2.45, 2.75) is 45.1 Å². The molecule has 2 rings (SSSR count). The molecular formula is C14H20Cl2N2. The molecule has 0 aromatic heterocycles. The van der Waals surface area contributed by atoms with Crippen LogP contribution in [0.4, 0.5) is 11.4 Å². The molecular weight excluding hydrogens is 267 g/mol. The van der Waals surface area contributed by atoms with E-state index in [1.165, 1.54) is 32.1 Å². The first kappa shape index (κ1) is 13.8. The molecule has 18 heavy (non-hydrogen) atoms. The summed E-state index contributed by atoms with van der Waals surface area (Å²) in [6, 6.07) is 4.06. The molecule has 1 aromatic carbocycles. The van der Waals surface area contributed by atoms with Crippen LogP contribution in [-0.2, 0) is 0 Å². The fourth-order valence-corrected chi connectivity index (χ4v) is 3.11. The predicted octanol–water partition coefficient (Wildman–Crippen LogP) is 4.96. The lowest BCUT2D eigenvalue weighted by Gasteiger charge is -2.32. The molecule has 100 valence electrons. The van der Waals surface area contributed by atoms with Gasteiger partial charge in [-0.2, -0.15) is 0 Å². The number of hydrogen-bond acceptors (Lipinski definition) is 2. The van der Waals surface area contributed by atoms with Crippen molar-refractivity contribution in [3.05, 3.63) is 22.2 Å². The second-order valence-electron chi connectivity index (χ2n) is 5.06. The molecule has 1 aliphatic rings. The van der Waals surface area contributed by atoms with E-state index in [4.69, 9.17) is 28.9 Å². The number of benzene rings is 1. The molecule has 0 heterocycles. The highest BCUT2D eigenvalue weighted by Crippen LogP contribution is 2.34. The SMILES string of the molecule is CCC1CCCCC1Nc1cc(Cl)c(Cl)cc1N. The summed E-state index contributed by atoms with van der Waals surface area (Å²) in [4.78, 5) is 0. The number of nitrogens with one attached hydrogen (secondary N) is 1. The van der Waals surface area contributed by atoms with Gasteiger partial charge in [-0.05, 0) is 30.9 Å². The largest absolute Gasteiger partial charge is 0.397 e. The molecule has 0 amide bonds. The molecule has 1 aliphatic carbocycles. The van der Waals surface area contributed by atoms with Crippen LogP contribution in [0.15, 0.2) is 12.1 Å². The average molecular weight is 287 g/mol. The number of nitrogens with two attached hydrogens (primary N) is 1. The van der Waals surface area contributed by atoms with Crippen LogP contribution in [0.2, 0.25) is 10.0 Å². The third-order valence-corrected chi connectivity index (χ3v) is 4.59. The molecule has 4 heteroatoms. The van der Waals surface area contributed by atoms with Crippen LogP contribution in [0.5, 0.6) is 0 Å². The van der Waals surface area contributed by atoms with Crippen molar-refractivity contribution in [2.75, 3.05) is 11.1 Å². The number of rotatable bonds is 3. The quantitative estimate of drug-likeness (QED) is 0.771. The summed E-state index contributed by atoms with van der Waals surface area (Å²) in [7, 11) is 0. The lowest BCUT2D eigenvalue weighted by Crippen LogP contribution is -2.32. The van der Waals surface area contributed by atoms with Gasteiger partial charge in [-0.25, -0.2) is 0 Å². The minimum absolute atomic E-state index is 0.503. The predicted molar refractivity (Wildman–Crippen MR) is 80.5 cm³/mol. The van der Waals surface area contributed by atoms with Crippen molar-refractivity contribution in [2.24, 2.45) is 5.92 Å². The molecule has 2 nitrogen and oxygen atoms in total. The topological polar surface area (TPSA) is 38.0 Å². The maximum absolute atomic E-state index is 6.05. The van der Waals surface area contributed by atoms with Gasteiger partial charge in [0.25, 0.3) is 0 Å². The van der Waals surface area contributed by atoms with Gasteiger partial charge in [0.05, 0.1) is 21.4 Å². The van der Waals surface area contributed by atoms with E-state index in [1.807, 2.05) is 6.07 Å². The maximum Gasteiger partial charge on any atom is 0.0614 e. The summed E-state index contributed by atoms with van der Waals surface area (Å²) in [5.41, 5.74) is 7.57. The smallest absolute Gasteiger partial charge is 0.0614 e. The molecule has 1 saturated carbocycles. The lowest BCUT2D eigenvalue weighted by molar-refractivity contribution is 0.317. The Kier molecular flexibility index (Phi) is 4.63. The van der Waals surface area contributed by atoms with Crippen molar-refractivity contribution < 1.29 is 0 Å². The van der Waals surface area contributed by atoms with E-state index in [9.17, 15) is 0 Å². The molecule has 1 aromatic rings. The third kappa shape index (κ3) is 3.04. The van der Waals surface area contributed by atoms with E-state index in [1.54, 1.807) is 6.07 Å². The number of nitrogen functional groups attached to an aromatic ring is 1. The minimum atomic E-state index is 0.503. The zero-order chi connectivity index (χ0) is 13.1.